The Hall–Kier alpha value is -2.24. The Morgan fingerprint density at radius 3 is 2.78 bits per heavy atom. The van der Waals surface area contributed by atoms with Gasteiger partial charge < -0.3 is 9.47 Å². The lowest BCUT2D eigenvalue weighted by atomic mass is 10.1. The van der Waals surface area contributed by atoms with Crippen molar-refractivity contribution >= 4 is 5.97 Å². The SMILES string of the molecule is CCOC1c2ccc(OC(=O)c3ccccn3)cc2C(C)N1C. The third-order valence-corrected chi connectivity index (χ3v) is 4.16. The van der Waals surface area contributed by atoms with Crippen LogP contribution >= 0.6 is 0 Å². The molecule has 120 valence electrons. The number of nitrogens with zero attached hydrogens (tertiary/aromatic N) is 2. The fraction of sp³-hybridized carbons (Fsp3) is 0.333. The van der Waals surface area contributed by atoms with Crippen LogP contribution in [0, 0.1) is 0 Å². The summed E-state index contributed by atoms with van der Waals surface area (Å²) in [6.07, 6.45) is 1.52. The Kier molecular flexibility index (Phi) is 4.41. The average molecular weight is 312 g/mol. The maximum Gasteiger partial charge on any atom is 0.362 e. The summed E-state index contributed by atoms with van der Waals surface area (Å²) in [7, 11) is 2.03. The van der Waals surface area contributed by atoms with Crippen molar-refractivity contribution in [3.05, 3.63) is 59.4 Å². The van der Waals surface area contributed by atoms with Gasteiger partial charge in [0.1, 0.15) is 17.7 Å². The number of hydrogen-bond donors (Lipinski definition) is 0. The standard InChI is InChI=1S/C18H20N2O3/c1-4-22-17-14-9-8-13(11-15(14)12(2)20(17)3)23-18(21)16-7-5-6-10-19-16/h5-12,17H,4H2,1-3H3. The maximum atomic E-state index is 12.1. The molecule has 0 spiro atoms. The van der Waals surface area contributed by atoms with Gasteiger partial charge in [-0.2, -0.15) is 0 Å². The van der Waals surface area contributed by atoms with E-state index < -0.39 is 5.97 Å². The molecule has 0 saturated heterocycles. The Balaban J connectivity index is 1.83. The van der Waals surface area contributed by atoms with Crippen LogP contribution in [-0.2, 0) is 4.74 Å². The first-order valence-corrected chi connectivity index (χ1v) is 7.72. The highest BCUT2D eigenvalue weighted by Gasteiger charge is 2.34. The zero-order valence-electron chi connectivity index (χ0n) is 13.5. The van der Waals surface area contributed by atoms with Gasteiger partial charge in [-0.1, -0.05) is 12.1 Å². The molecule has 2 heterocycles. The molecule has 1 aliphatic heterocycles. The van der Waals surface area contributed by atoms with E-state index in [-0.39, 0.29) is 12.3 Å². The third-order valence-electron chi connectivity index (χ3n) is 4.16. The van der Waals surface area contributed by atoms with Crippen LogP contribution in [0.1, 0.15) is 47.7 Å². The zero-order chi connectivity index (χ0) is 16.4. The second kappa shape index (κ2) is 6.48. The number of ether oxygens (including phenoxy) is 2. The lowest BCUT2D eigenvalue weighted by Crippen LogP contribution is -2.21. The Morgan fingerprint density at radius 2 is 2.09 bits per heavy atom. The fourth-order valence-electron chi connectivity index (χ4n) is 2.85. The first-order chi connectivity index (χ1) is 11.1. The van der Waals surface area contributed by atoms with E-state index in [0.717, 1.165) is 11.1 Å². The second-order valence-corrected chi connectivity index (χ2v) is 5.54. The highest BCUT2D eigenvalue weighted by Crippen LogP contribution is 2.42. The summed E-state index contributed by atoms with van der Waals surface area (Å²) in [4.78, 5) is 18.3. The summed E-state index contributed by atoms with van der Waals surface area (Å²) < 4.78 is 11.3. The summed E-state index contributed by atoms with van der Waals surface area (Å²) >= 11 is 0. The number of pyridine rings is 1. The molecule has 2 aromatic rings. The number of carbonyl (C=O) groups excluding carboxylic acids is 1. The molecule has 2 atom stereocenters. The molecular formula is C18H20N2O3. The van der Waals surface area contributed by atoms with Crippen LogP contribution in [0.3, 0.4) is 0 Å². The second-order valence-electron chi connectivity index (χ2n) is 5.54. The van der Waals surface area contributed by atoms with Crippen molar-refractivity contribution in [2.24, 2.45) is 0 Å². The molecule has 0 bridgehead atoms. The Labute approximate surface area is 135 Å². The fourth-order valence-corrected chi connectivity index (χ4v) is 2.85. The summed E-state index contributed by atoms with van der Waals surface area (Å²) in [5.41, 5.74) is 2.54. The van der Waals surface area contributed by atoms with Crippen LogP contribution < -0.4 is 4.74 Å². The minimum absolute atomic E-state index is 0.0504. The van der Waals surface area contributed by atoms with Crippen LogP contribution in [0.4, 0.5) is 0 Å². The Morgan fingerprint density at radius 1 is 1.26 bits per heavy atom. The molecule has 0 amide bonds. The molecular weight excluding hydrogens is 292 g/mol. The molecule has 0 radical (unpaired) electrons. The maximum absolute atomic E-state index is 12.1. The van der Waals surface area contributed by atoms with E-state index in [1.165, 1.54) is 0 Å². The molecule has 0 fully saturated rings. The topological polar surface area (TPSA) is 51.7 Å². The monoisotopic (exact) mass is 312 g/mol. The van der Waals surface area contributed by atoms with Gasteiger partial charge in [0, 0.05) is 24.4 Å². The molecule has 3 rings (SSSR count). The van der Waals surface area contributed by atoms with Gasteiger partial charge in [-0.05, 0) is 50.7 Å². The number of esters is 1. The highest BCUT2D eigenvalue weighted by molar-refractivity contribution is 5.88. The molecule has 23 heavy (non-hydrogen) atoms. The van der Waals surface area contributed by atoms with Crippen molar-refractivity contribution in [2.45, 2.75) is 26.1 Å². The molecule has 1 aromatic carbocycles. The summed E-state index contributed by atoms with van der Waals surface area (Å²) in [6.45, 7) is 4.75. The Bertz CT molecular complexity index is 703. The molecule has 1 aliphatic rings. The molecule has 0 saturated carbocycles. The van der Waals surface area contributed by atoms with Crippen molar-refractivity contribution < 1.29 is 14.3 Å². The van der Waals surface area contributed by atoms with Gasteiger partial charge >= 0.3 is 5.97 Å². The van der Waals surface area contributed by atoms with E-state index in [1.807, 2.05) is 26.1 Å². The first-order valence-electron chi connectivity index (χ1n) is 7.72. The van der Waals surface area contributed by atoms with Crippen LogP contribution in [0.5, 0.6) is 5.75 Å². The molecule has 5 heteroatoms. The molecule has 1 aromatic heterocycles. The number of benzene rings is 1. The minimum Gasteiger partial charge on any atom is -0.422 e. The van der Waals surface area contributed by atoms with Gasteiger partial charge in [0.25, 0.3) is 0 Å². The van der Waals surface area contributed by atoms with Gasteiger partial charge in [0.2, 0.25) is 0 Å². The molecule has 5 nitrogen and oxygen atoms in total. The van der Waals surface area contributed by atoms with E-state index in [0.29, 0.717) is 18.1 Å². The van der Waals surface area contributed by atoms with E-state index in [1.54, 1.807) is 30.5 Å². The van der Waals surface area contributed by atoms with Gasteiger partial charge in [-0.15, -0.1) is 0 Å². The van der Waals surface area contributed by atoms with Crippen LogP contribution in [-0.4, -0.2) is 29.5 Å². The van der Waals surface area contributed by atoms with Crippen molar-refractivity contribution in [1.82, 2.24) is 9.88 Å². The summed E-state index contributed by atoms with van der Waals surface area (Å²) in [6, 6.07) is 11.0. The van der Waals surface area contributed by atoms with E-state index >= 15 is 0 Å². The number of rotatable bonds is 4. The predicted octanol–water partition coefficient (Wildman–Crippen LogP) is 3.34. The molecule has 2 unspecified atom stereocenters. The van der Waals surface area contributed by atoms with E-state index in [9.17, 15) is 4.79 Å². The van der Waals surface area contributed by atoms with Crippen LogP contribution in [0.2, 0.25) is 0 Å². The van der Waals surface area contributed by atoms with Crippen molar-refractivity contribution in [3.8, 4) is 5.75 Å². The normalized spacial score (nSPS) is 20.3. The zero-order valence-corrected chi connectivity index (χ0v) is 13.5. The number of carbonyl (C=O) groups is 1. The molecule has 0 aliphatic carbocycles. The van der Waals surface area contributed by atoms with Crippen molar-refractivity contribution in [1.29, 1.82) is 0 Å². The van der Waals surface area contributed by atoms with Crippen LogP contribution in [0.15, 0.2) is 42.6 Å². The largest absolute Gasteiger partial charge is 0.422 e. The van der Waals surface area contributed by atoms with Gasteiger partial charge in [0.05, 0.1) is 0 Å². The number of fused-ring (bicyclic) bond motifs is 1. The van der Waals surface area contributed by atoms with E-state index in [4.69, 9.17) is 9.47 Å². The van der Waals surface area contributed by atoms with E-state index in [2.05, 4.69) is 16.8 Å². The van der Waals surface area contributed by atoms with Crippen molar-refractivity contribution in [3.63, 3.8) is 0 Å². The lowest BCUT2D eigenvalue weighted by Gasteiger charge is -2.23. The number of hydrogen-bond acceptors (Lipinski definition) is 5. The van der Waals surface area contributed by atoms with Crippen molar-refractivity contribution in [2.75, 3.05) is 13.7 Å². The third kappa shape index (κ3) is 2.98. The van der Waals surface area contributed by atoms with Crippen LogP contribution in [0.25, 0.3) is 0 Å². The molecule has 0 N–H and O–H groups in total. The smallest absolute Gasteiger partial charge is 0.362 e. The predicted molar refractivity (Wildman–Crippen MR) is 86.2 cm³/mol. The highest BCUT2D eigenvalue weighted by atomic mass is 16.5. The van der Waals surface area contributed by atoms with Gasteiger partial charge in [0.15, 0.2) is 0 Å². The summed E-state index contributed by atoms with van der Waals surface area (Å²) in [5, 5.41) is 0. The summed E-state index contributed by atoms with van der Waals surface area (Å²) in [5.74, 6) is 0.0720. The lowest BCUT2D eigenvalue weighted by molar-refractivity contribution is -0.0462. The minimum atomic E-state index is -0.453. The average Bonchev–Trinajstić information content (AvgIpc) is 2.81. The quantitative estimate of drug-likeness (QED) is 0.640. The number of aromatic nitrogens is 1. The van der Waals surface area contributed by atoms with Gasteiger partial charge in [-0.3, -0.25) is 4.90 Å². The van der Waals surface area contributed by atoms with Gasteiger partial charge in [-0.25, -0.2) is 9.78 Å². The first kappa shape index (κ1) is 15.6.